The van der Waals surface area contributed by atoms with Crippen molar-refractivity contribution in [2.45, 2.75) is 18.9 Å². The van der Waals surface area contributed by atoms with Crippen molar-refractivity contribution in [1.29, 1.82) is 0 Å². The summed E-state index contributed by atoms with van der Waals surface area (Å²) in [7, 11) is 0. The molecule has 1 amide bonds. The summed E-state index contributed by atoms with van der Waals surface area (Å²) in [6.45, 7) is 3.02. The number of hydrogen-bond acceptors (Lipinski definition) is 5. The van der Waals surface area contributed by atoms with Crippen LogP contribution in [0.3, 0.4) is 0 Å². The molecule has 2 fully saturated rings. The van der Waals surface area contributed by atoms with Crippen molar-refractivity contribution in [2.75, 3.05) is 31.1 Å². The number of H-pyrrole nitrogens is 1. The minimum atomic E-state index is -0.165. The molecule has 0 atom stereocenters. The van der Waals surface area contributed by atoms with Crippen LogP contribution in [0.1, 0.15) is 12.8 Å². The summed E-state index contributed by atoms with van der Waals surface area (Å²) in [5.41, 5.74) is 1.92. The molecule has 21 heavy (non-hydrogen) atoms. The number of amides is 1. The Morgan fingerprint density at radius 1 is 1.24 bits per heavy atom. The van der Waals surface area contributed by atoms with Crippen LogP contribution in [0.25, 0.3) is 11.0 Å². The number of ether oxygens (including phenoxy) is 1. The largest absolute Gasteiger partial charge is 0.448 e. The zero-order valence-corrected chi connectivity index (χ0v) is 11.7. The summed E-state index contributed by atoms with van der Waals surface area (Å²) >= 11 is 0. The number of carbonyl (C=O) groups is 1. The van der Waals surface area contributed by atoms with E-state index in [4.69, 9.17) is 4.74 Å². The van der Waals surface area contributed by atoms with Crippen LogP contribution in [0.2, 0.25) is 0 Å². The van der Waals surface area contributed by atoms with E-state index in [-0.39, 0.29) is 12.1 Å². The van der Waals surface area contributed by atoms with Gasteiger partial charge in [0.25, 0.3) is 0 Å². The SMILES string of the molecule is O=C1OCCN1C1CCN(c2ncnc3cc[nH]c23)CC1. The monoisotopic (exact) mass is 287 g/mol. The van der Waals surface area contributed by atoms with Gasteiger partial charge in [0.1, 0.15) is 18.5 Å². The Bertz CT molecular complexity index is 662. The molecule has 2 aliphatic heterocycles. The first-order valence-electron chi connectivity index (χ1n) is 7.29. The van der Waals surface area contributed by atoms with Crippen molar-refractivity contribution in [3.05, 3.63) is 18.6 Å². The van der Waals surface area contributed by atoms with Crippen LogP contribution in [0.15, 0.2) is 18.6 Å². The third-order valence-electron chi connectivity index (χ3n) is 4.32. The number of piperidine rings is 1. The first kappa shape index (κ1) is 12.4. The van der Waals surface area contributed by atoms with Crippen molar-refractivity contribution in [1.82, 2.24) is 19.9 Å². The highest BCUT2D eigenvalue weighted by Gasteiger charge is 2.32. The molecular weight excluding hydrogens is 270 g/mol. The second-order valence-corrected chi connectivity index (χ2v) is 5.46. The summed E-state index contributed by atoms with van der Waals surface area (Å²) in [4.78, 5) is 27.6. The van der Waals surface area contributed by atoms with E-state index in [2.05, 4.69) is 19.9 Å². The van der Waals surface area contributed by atoms with Gasteiger partial charge in [-0.1, -0.05) is 0 Å². The number of nitrogens with zero attached hydrogens (tertiary/aromatic N) is 4. The third kappa shape index (κ3) is 2.09. The van der Waals surface area contributed by atoms with Crippen LogP contribution < -0.4 is 4.90 Å². The Labute approximate surface area is 121 Å². The van der Waals surface area contributed by atoms with Crippen molar-refractivity contribution in [3.8, 4) is 0 Å². The van der Waals surface area contributed by atoms with Gasteiger partial charge in [-0.15, -0.1) is 0 Å². The van der Waals surface area contributed by atoms with Crippen LogP contribution >= 0.6 is 0 Å². The van der Waals surface area contributed by atoms with Gasteiger partial charge in [-0.2, -0.15) is 0 Å². The van der Waals surface area contributed by atoms with Gasteiger partial charge in [-0.25, -0.2) is 14.8 Å². The van der Waals surface area contributed by atoms with Crippen LogP contribution in [-0.4, -0.2) is 58.2 Å². The maximum absolute atomic E-state index is 11.6. The lowest BCUT2D eigenvalue weighted by Gasteiger charge is -2.36. The highest BCUT2D eigenvalue weighted by Crippen LogP contribution is 2.26. The fourth-order valence-corrected chi connectivity index (χ4v) is 3.22. The van der Waals surface area contributed by atoms with Crippen LogP contribution in [0.4, 0.5) is 10.6 Å². The molecule has 1 N–H and O–H groups in total. The quantitative estimate of drug-likeness (QED) is 0.903. The number of fused-ring (bicyclic) bond motifs is 1. The highest BCUT2D eigenvalue weighted by atomic mass is 16.6. The van der Waals surface area contributed by atoms with Gasteiger partial charge in [0, 0.05) is 25.3 Å². The van der Waals surface area contributed by atoms with E-state index in [0.717, 1.165) is 49.3 Å². The predicted molar refractivity (Wildman–Crippen MR) is 77.2 cm³/mol. The molecule has 0 radical (unpaired) electrons. The maximum atomic E-state index is 11.6. The van der Waals surface area contributed by atoms with Crippen molar-refractivity contribution in [3.63, 3.8) is 0 Å². The number of aromatic amines is 1. The number of rotatable bonds is 2. The smallest absolute Gasteiger partial charge is 0.410 e. The Morgan fingerprint density at radius 2 is 2.10 bits per heavy atom. The number of cyclic esters (lactones) is 1. The van der Waals surface area contributed by atoms with Crippen molar-refractivity contribution < 1.29 is 9.53 Å². The molecule has 4 heterocycles. The fraction of sp³-hybridized carbons (Fsp3) is 0.500. The first-order chi connectivity index (χ1) is 10.3. The summed E-state index contributed by atoms with van der Waals surface area (Å²) < 4.78 is 5.03. The number of anilines is 1. The molecular formula is C14H17N5O2. The molecule has 0 saturated carbocycles. The Kier molecular flexibility index (Phi) is 2.90. The number of nitrogens with one attached hydrogen (secondary N) is 1. The third-order valence-corrected chi connectivity index (χ3v) is 4.32. The van der Waals surface area contributed by atoms with Gasteiger partial charge in [0.15, 0.2) is 5.82 Å². The minimum absolute atomic E-state index is 0.165. The maximum Gasteiger partial charge on any atom is 0.410 e. The van der Waals surface area contributed by atoms with Crippen LogP contribution in [0, 0.1) is 0 Å². The van der Waals surface area contributed by atoms with Crippen molar-refractivity contribution >= 4 is 22.9 Å². The molecule has 7 heteroatoms. The van der Waals surface area contributed by atoms with Gasteiger partial charge in [-0.3, -0.25) is 0 Å². The molecule has 2 aromatic heterocycles. The minimum Gasteiger partial charge on any atom is -0.448 e. The van der Waals surface area contributed by atoms with E-state index in [1.807, 2.05) is 17.2 Å². The van der Waals surface area contributed by atoms with E-state index in [0.29, 0.717) is 6.61 Å². The lowest BCUT2D eigenvalue weighted by Crippen LogP contribution is -2.45. The Hall–Kier alpha value is -2.31. The van der Waals surface area contributed by atoms with Gasteiger partial charge in [-0.05, 0) is 18.9 Å². The molecule has 0 spiro atoms. The summed E-state index contributed by atoms with van der Waals surface area (Å²) in [6.07, 6.45) is 5.22. The topological polar surface area (TPSA) is 74.3 Å². The highest BCUT2D eigenvalue weighted by molar-refractivity contribution is 5.85. The number of carbonyl (C=O) groups excluding carboxylic acids is 1. The van der Waals surface area contributed by atoms with Gasteiger partial charge in [0.05, 0.1) is 12.1 Å². The van der Waals surface area contributed by atoms with Crippen LogP contribution in [-0.2, 0) is 4.74 Å². The van der Waals surface area contributed by atoms with E-state index < -0.39 is 0 Å². The first-order valence-corrected chi connectivity index (χ1v) is 7.29. The lowest BCUT2D eigenvalue weighted by molar-refractivity contribution is 0.142. The summed E-state index contributed by atoms with van der Waals surface area (Å²) in [6, 6.07) is 2.24. The molecule has 0 aromatic carbocycles. The van der Waals surface area contributed by atoms with Crippen molar-refractivity contribution in [2.24, 2.45) is 0 Å². The second kappa shape index (κ2) is 4.91. The fourth-order valence-electron chi connectivity index (χ4n) is 3.22. The zero-order valence-electron chi connectivity index (χ0n) is 11.7. The van der Waals surface area contributed by atoms with E-state index in [9.17, 15) is 4.79 Å². The standard InChI is InChI=1S/C14H17N5O2/c20-14-19(7-8-21-14)10-2-5-18(6-3-10)13-12-11(1-4-15-12)16-9-17-13/h1,4,9-10,15H,2-3,5-8H2. The Balaban J connectivity index is 1.50. The molecule has 2 saturated heterocycles. The average molecular weight is 287 g/mol. The average Bonchev–Trinajstić information content (AvgIpc) is 3.15. The second-order valence-electron chi connectivity index (χ2n) is 5.46. The molecule has 0 aliphatic carbocycles. The summed E-state index contributed by atoms with van der Waals surface area (Å²) in [5, 5.41) is 0. The molecule has 2 aliphatic rings. The van der Waals surface area contributed by atoms with E-state index >= 15 is 0 Å². The van der Waals surface area contributed by atoms with Gasteiger partial charge < -0.3 is 19.5 Å². The molecule has 0 unspecified atom stereocenters. The molecule has 4 rings (SSSR count). The number of aromatic nitrogens is 3. The van der Waals surface area contributed by atoms with Gasteiger partial charge in [0.2, 0.25) is 0 Å². The molecule has 110 valence electrons. The number of hydrogen-bond donors (Lipinski definition) is 1. The lowest BCUT2D eigenvalue weighted by atomic mass is 10.0. The normalized spacial score (nSPS) is 20.3. The van der Waals surface area contributed by atoms with Crippen LogP contribution in [0.5, 0.6) is 0 Å². The van der Waals surface area contributed by atoms with Gasteiger partial charge >= 0.3 is 6.09 Å². The predicted octanol–water partition coefficient (Wildman–Crippen LogP) is 1.38. The molecule has 7 nitrogen and oxygen atoms in total. The molecule has 0 bridgehead atoms. The molecule has 2 aromatic rings. The summed E-state index contributed by atoms with van der Waals surface area (Å²) in [5.74, 6) is 0.951. The zero-order chi connectivity index (χ0) is 14.2. The Morgan fingerprint density at radius 3 is 2.86 bits per heavy atom. The van der Waals surface area contributed by atoms with E-state index in [1.54, 1.807) is 6.33 Å². The van der Waals surface area contributed by atoms with E-state index in [1.165, 1.54) is 0 Å².